The Balaban J connectivity index is 4.21. The predicted molar refractivity (Wildman–Crippen MR) is 86.0 cm³/mol. The summed E-state index contributed by atoms with van der Waals surface area (Å²) in [7, 11) is 0. The smallest absolute Gasteiger partial charge is 0.319 e. The molecule has 0 fully saturated rings. The molecule has 0 N–H and O–H groups in total. The number of halogens is 1. The summed E-state index contributed by atoms with van der Waals surface area (Å²) in [6.07, 6.45) is 4.83. The van der Waals surface area contributed by atoms with E-state index in [2.05, 4.69) is 6.92 Å². The number of ether oxygens (including phenoxy) is 1. The van der Waals surface area contributed by atoms with Crippen LogP contribution in [0.4, 0.5) is 4.39 Å². The van der Waals surface area contributed by atoms with Crippen molar-refractivity contribution >= 4 is 17.7 Å². The summed E-state index contributed by atoms with van der Waals surface area (Å²) < 4.78 is 18.2. The second-order valence-corrected chi connectivity index (χ2v) is 7.62. The summed E-state index contributed by atoms with van der Waals surface area (Å²) in [6.45, 7) is 9.41. The van der Waals surface area contributed by atoms with Crippen molar-refractivity contribution in [1.82, 2.24) is 0 Å². The predicted octanol–water partition coefficient (Wildman–Crippen LogP) is 5.15. The van der Waals surface area contributed by atoms with Crippen LogP contribution in [0.15, 0.2) is 0 Å². The molecule has 2 atom stereocenters. The molecule has 2 unspecified atom stereocenters. The molecule has 0 saturated heterocycles. The topological polar surface area (TPSA) is 26.3 Å². The Morgan fingerprint density at radius 2 is 1.85 bits per heavy atom. The van der Waals surface area contributed by atoms with E-state index in [1.807, 2.05) is 20.8 Å². The average molecular weight is 306 g/mol. The number of thioether (sulfide) groups is 1. The van der Waals surface area contributed by atoms with Gasteiger partial charge in [-0.25, -0.2) is 4.39 Å². The lowest BCUT2D eigenvalue weighted by Crippen LogP contribution is -2.30. The first-order chi connectivity index (χ1) is 9.26. The van der Waals surface area contributed by atoms with E-state index in [0.717, 1.165) is 37.9 Å². The van der Waals surface area contributed by atoms with Crippen molar-refractivity contribution in [3.05, 3.63) is 0 Å². The van der Waals surface area contributed by atoms with Gasteiger partial charge in [-0.2, -0.15) is 0 Å². The van der Waals surface area contributed by atoms with E-state index < -0.39 is 11.8 Å². The molecule has 120 valence electrons. The minimum Gasteiger partial charge on any atom is -0.459 e. The van der Waals surface area contributed by atoms with E-state index in [0.29, 0.717) is 6.42 Å². The Hall–Kier alpha value is -0.250. The van der Waals surface area contributed by atoms with Crippen LogP contribution in [0.3, 0.4) is 0 Å². The number of carbonyl (C=O) groups excluding carboxylic acids is 1. The van der Waals surface area contributed by atoms with Crippen molar-refractivity contribution in [3.8, 4) is 0 Å². The molecule has 0 aliphatic rings. The van der Waals surface area contributed by atoms with Crippen molar-refractivity contribution < 1.29 is 13.9 Å². The summed E-state index contributed by atoms with van der Waals surface area (Å²) in [4.78, 5) is 12.2. The molecule has 0 aromatic heterocycles. The van der Waals surface area contributed by atoms with Gasteiger partial charge in [0.1, 0.15) is 10.9 Å². The van der Waals surface area contributed by atoms with Crippen LogP contribution in [0.2, 0.25) is 0 Å². The second kappa shape index (κ2) is 10.5. The number of hydrogen-bond acceptors (Lipinski definition) is 3. The van der Waals surface area contributed by atoms with E-state index >= 15 is 0 Å². The van der Waals surface area contributed by atoms with Crippen LogP contribution in [0.1, 0.15) is 73.1 Å². The van der Waals surface area contributed by atoms with Gasteiger partial charge in [0.25, 0.3) is 0 Å². The maximum atomic E-state index is 12.8. The van der Waals surface area contributed by atoms with Crippen molar-refractivity contribution in [2.75, 3.05) is 5.75 Å². The van der Waals surface area contributed by atoms with Crippen LogP contribution in [0.5, 0.6) is 0 Å². The molecule has 0 bridgehead atoms. The molecule has 20 heavy (non-hydrogen) atoms. The fourth-order valence-electron chi connectivity index (χ4n) is 1.81. The van der Waals surface area contributed by atoms with Gasteiger partial charge in [0.2, 0.25) is 0 Å². The van der Waals surface area contributed by atoms with Gasteiger partial charge in [-0.05, 0) is 52.7 Å². The van der Waals surface area contributed by atoms with Gasteiger partial charge in [0.05, 0.1) is 6.17 Å². The number of hydrogen-bond donors (Lipinski definition) is 0. The normalized spacial score (nSPS) is 14.9. The second-order valence-electron chi connectivity index (χ2n) is 6.31. The van der Waals surface area contributed by atoms with E-state index in [4.69, 9.17) is 4.74 Å². The third kappa shape index (κ3) is 11.6. The standard InChI is InChI=1S/C16H31FO2S/c1-6-7-8-11-14(15(18)19-16(3,4)5)20-12-9-10-13(2)17/h13-14H,6-12H2,1-5H3. The zero-order valence-electron chi connectivity index (χ0n) is 13.7. The van der Waals surface area contributed by atoms with Gasteiger partial charge in [0, 0.05) is 0 Å². The quantitative estimate of drug-likeness (QED) is 0.412. The van der Waals surface area contributed by atoms with Gasteiger partial charge in [0.15, 0.2) is 0 Å². The molecule has 4 heteroatoms. The largest absolute Gasteiger partial charge is 0.459 e. The van der Waals surface area contributed by atoms with Gasteiger partial charge in [-0.3, -0.25) is 4.79 Å². The van der Waals surface area contributed by atoms with Gasteiger partial charge in [-0.1, -0.05) is 26.2 Å². The molecular weight excluding hydrogens is 275 g/mol. The fourth-order valence-corrected chi connectivity index (χ4v) is 2.94. The first-order valence-corrected chi connectivity index (χ1v) is 8.79. The summed E-state index contributed by atoms with van der Waals surface area (Å²) in [5, 5.41) is -0.101. The molecular formula is C16H31FO2S. The van der Waals surface area contributed by atoms with Crippen molar-refractivity contribution in [2.24, 2.45) is 0 Å². The maximum Gasteiger partial charge on any atom is 0.319 e. The van der Waals surface area contributed by atoms with Crippen molar-refractivity contribution in [3.63, 3.8) is 0 Å². The molecule has 0 spiro atoms. The molecule has 0 aliphatic heterocycles. The van der Waals surface area contributed by atoms with Gasteiger partial charge >= 0.3 is 5.97 Å². The lowest BCUT2D eigenvalue weighted by Gasteiger charge is -2.23. The van der Waals surface area contributed by atoms with E-state index in [-0.39, 0.29) is 11.2 Å². The molecule has 0 aromatic carbocycles. The third-order valence-corrected chi connectivity index (χ3v) is 4.16. The number of alkyl halides is 1. The molecule has 0 saturated carbocycles. The molecule has 0 heterocycles. The minimum atomic E-state index is -0.754. The molecule has 0 amide bonds. The highest BCUT2D eigenvalue weighted by molar-refractivity contribution is 8.00. The first-order valence-electron chi connectivity index (χ1n) is 7.74. The number of unbranched alkanes of at least 4 members (excludes halogenated alkanes) is 2. The Bertz CT molecular complexity index is 262. The number of rotatable bonds is 10. The van der Waals surface area contributed by atoms with Crippen LogP contribution in [-0.2, 0) is 9.53 Å². The van der Waals surface area contributed by atoms with Crippen molar-refractivity contribution in [1.29, 1.82) is 0 Å². The third-order valence-electron chi connectivity index (χ3n) is 2.80. The van der Waals surface area contributed by atoms with E-state index in [1.165, 1.54) is 0 Å². The maximum absolute atomic E-state index is 12.8. The Morgan fingerprint density at radius 1 is 1.20 bits per heavy atom. The lowest BCUT2D eigenvalue weighted by molar-refractivity contribution is -0.154. The minimum absolute atomic E-state index is 0.101. The lowest BCUT2D eigenvalue weighted by atomic mass is 10.1. The van der Waals surface area contributed by atoms with Gasteiger partial charge in [-0.15, -0.1) is 11.8 Å². The molecule has 2 nitrogen and oxygen atoms in total. The van der Waals surface area contributed by atoms with E-state index in [1.54, 1.807) is 18.7 Å². The van der Waals surface area contributed by atoms with Crippen LogP contribution >= 0.6 is 11.8 Å². The monoisotopic (exact) mass is 306 g/mol. The van der Waals surface area contributed by atoms with Crippen LogP contribution in [-0.4, -0.2) is 28.7 Å². The van der Waals surface area contributed by atoms with Gasteiger partial charge < -0.3 is 4.74 Å². The SMILES string of the molecule is CCCCCC(SCCCC(C)F)C(=O)OC(C)(C)C. The number of esters is 1. The van der Waals surface area contributed by atoms with E-state index in [9.17, 15) is 9.18 Å². The zero-order chi connectivity index (χ0) is 15.6. The number of carbonyl (C=O) groups is 1. The summed E-state index contributed by atoms with van der Waals surface area (Å²) in [6, 6.07) is 0. The first kappa shape index (κ1) is 19.8. The summed E-state index contributed by atoms with van der Waals surface area (Å²) in [5.74, 6) is 0.705. The van der Waals surface area contributed by atoms with Crippen LogP contribution in [0, 0.1) is 0 Å². The summed E-state index contributed by atoms with van der Waals surface area (Å²) in [5.41, 5.74) is -0.436. The van der Waals surface area contributed by atoms with Crippen molar-refractivity contribution in [2.45, 2.75) is 90.2 Å². The van der Waals surface area contributed by atoms with Crippen LogP contribution < -0.4 is 0 Å². The highest BCUT2D eigenvalue weighted by atomic mass is 32.2. The molecule has 0 radical (unpaired) electrons. The Labute approximate surface area is 128 Å². The Morgan fingerprint density at radius 3 is 2.35 bits per heavy atom. The fraction of sp³-hybridized carbons (Fsp3) is 0.938. The molecule has 0 aliphatic carbocycles. The highest BCUT2D eigenvalue weighted by Crippen LogP contribution is 2.23. The molecule has 0 aromatic rings. The van der Waals surface area contributed by atoms with Crippen LogP contribution in [0.25, 0.3) is 0 Å². The zero-order valence-corrected chi connectivity index (χ0v) is 14.5. The average Bonchev–Trinajstić information content (AvgIpc) is 2.29. The molecule has 0 rings (SSSR count). The summed E-state index contributed by atoms with van der Waals surface area (Å²) >= 11 is 1.62. The highest BCUT2D eigenvalue weighted by Gasteiger charge is 2.25. The Kier molecular flexibility index (Phi) is 10.3.